The van der Waals surface area contributed by atoms with Gasteiger partial charge in [0.25, 0.3) is 0 Å². The minimum Gasteiger partial charge on any atom is -0.384 e. The number of hydrogen-bond acceptors (Lipinski definition) is 2. The maximum atomic E-state index is 6.34. The molecule has 0 atom stereocenters. The Bertz CT molecular complexity index is 553. The third-order valence-electron chi connectivity index (χ3n) is 3.26. The van der Waals surface area contributed by atoms with E-state index in [1.807, 2.05) is 18.2 Å². The zero-order valence-electron chi connectivity index (χ0n) is 12.9. The summed E-state index contributed by atoms with van der Waals surface area (Å²) in [7, 11) is 0. The molecule has 0 aliphatic carbocycles. The van der Waals surface area contributed by atoms with Crippen molar-refractivity contribution in [3.8, 4) is 11.4 Å². The van der Waals surface area contributed by atoms with Gasteiger partial charge in [-0.2, -0.15) is 0 Å². The van der Waals surface area contributed by atoms with Crippen molar-refractivity contribution in [2.45, 2.75) is 40.7 Å². The number of aromatic nitrogens is 2. The van der Waals surface area contributed by atoms with Crippen LogP contribution in [0.1, 0.15) is 33.4 Å². The van der Waals surface area contributed by atoms with Crippen molar-refractivity contribution < 1.29 is 0 Å². The summed E-state index contributed by atoms with van der Waals surface area (Å²) in [5.41, 5.74) is 8.50. The van der Waals surface area contributed by atoms with Gasteiger partial charge in [0, 0.05) is 12.1 Å². The van der Waals surface area contributed by atoms with E-state index in [4.69, 9.17) is 10.7 Å². The lowest BCUT2D eigenvalue weighted by molar-refractivity contribution is 0.530. The average molecular weight is 271 g/mol. The number of imidazole rings is 1. The molecule has 1 aromatic heterocycles. The molecule has 0 saturated heterocycles. The lowest BCUT2D eigenvalue weighted by Crippen LogP contribution is -2.10. The summed E-state index contributed by atoms with van der Waals surface area (Å²) in [6.45, 7) is 9.71. The van der Waals surface area contributed by atoms with E-state index in [2.05, 4.69) is 44.4 Å². The molecule has 0 amide bonds. The number of nitrogens with zero attached hydrogens (tertiary/aromatic N) is 2. The number of benzene rings is 1. The van der Waals surface area contributed by atoms with Gasteiger partial charge in [0.1, 0.15) is 11.6 Å². The molecule has 0 unspecified atom stereocenters. The van der Waals surface area contributed by atoms with E-state index in [1.165, 1.54) is 0 Å². The monoisotopic (exact) mass is 271 g/mol. The van der Waals surface area contributed by atoms with Crippen molar-refractivity contribution in [3.05, 3.63) is 36.0 Å². The van der Waals surface area contributed by atoms with Crippen LogP contribution >= 0.6 is 0 Å². The summed E-state index contributed by atoms with van der Waals surface area (Å²) in [6, 6.07) is 10.3. The van der Waals surface area contributed by atoms with Crippen LogP contribution in [0, 0.1) is 11.8 Å². The fraction of sp³-hybridized carbons (Fsp3) is 0.471. The number of rotatable bonds is 5. The Kier molecular flexibility index (Phi) is 4.48. The molecule has 3 heteroatoms. The first-order valence-corrected chi connectivity index (χ1v) is 7.39. The predicted molar refractivity (Wildman–Crippen MR) is 85.5 cm³/mol. The Morgan fingerprint density at radius 1 is 1.05 bits per heavy atom. The van der Waals surface area contributed by atoms with Crippen molar-refractivity contribution in [2.75, 3.05) is 5.73 Å². The molecule has 2 rings (SSSR count). The third-order valence-corrected chi connectivity index (χ3v) is 3.26. The zero-order valence-corrected chi connectivity index (χ0v) is 12.9. The zero-order chi connectivity index (χ0) is 14.7. The Hall–Kier alpha value is -1.77. The molecule has 1 heterocycles. The summed E-state index contributed by atoms with van der Waals surface area (Å²) >= 11 is 0. The average Bonchev–Trinajstić information content (AvgIpc) is 2.68. The standard InChI is InChI=1S/C17H25N3/c1-12(2)10-15-16(18)20(11-13(3)4)17(19-15)14-8-6-5-7-9-14/h5-9,12-13H,10-11,18H2,1-4H3. The fourth-order valence-corrected chi connectivity index (χ4v) is 2.41. The first-order valence-electron chi connectivity index (χ1n) is 7.39. The second kappa shape index (κ2) is 6.12. The van der Waals surface area contributed by atoms with Gasteiger partial charge in [0.15, 0.2) is 0 Å². The molecular formula is C17H25N3. The normalized spacial score (nSPS) is 11.5. The van der Waals surface area contributed by atoms with Crippen LogP contribution in [-0.4, -0.2) is 9.55 Å². The number of nitrogen functional groups attached to an aromatic ring is 1. The van der Waals surface area contributed by atoms with Crippen LogP contribution in [-0.2, 0) is 13.0 Å². The highest BCUT2D eigenvalue weighted by atomic mass is 15.1. The van der Waals surface area contributed by atoms with Gasteiger partial charge < -0.3 is 10.3 Å². The molecule has 0 saturated carbocycles. The van der Waals surface area contributed by atoms with Crippen LogP contribution in [0.4, 0.5) is 5.82 Å². The van der Waals surface area contributed by atoms with E-state index in [1.54, 1.807) is 0 Å². The third kappa shape index (κ3) is 3.21. The summed E-state index contributed by atoms with van der Waals surface area (Å²) in [5.74, 6) is 2.92. The van der Waals surface area contributed by atoms with Gasteiger partial charge >= 0.3 is 0 Å². The molecule has 20 heavy (non-hydrogen) atoms. The van der Waals surface area contributed by atoms with Gasteiger partial charge in [-0.3, -0.25) is 0 Å². The first kappa shape index (κ1) is 14.6. The second-order valence-corrected chi connectivity index (χ2v) is 6.24. The van der Waals surface area contributed by atoms with E-state index in [0.717, 1.165) is 35.9 Å². The highest BCUT2D eigenvalue weighted by Gasteiger charge is 2.17. The van der Waals surface area contributed by atoms with Crippen molar-refractivity contribution in [1.29, 1.82) is 0 Å². The molecule has 108 valence electrons. The van der Waals surface area contributed by atoms with Gasteiger partial charge in [0.05, 0.1) is 5.69 Å². The predicted octanol–water partition coefficient (Wildman–Crippen LogP) is 3.99. The fourth-order valence-electron chi connectivity index (χ4n) is 2.41. The van der Waals surface area contributed by atoms with E-state index in [0.29, 0.717) is 11.8 Å². The number of nitrogens with two attached hydrogens (primary N) is 1. The molecule has 0 aliphatic rings. The van der Waals surface area contributed by atoms with Crippen LogP contribution in [0.2, 0.25) is 0 Å². The van der Waals surface area contributed by atoms with E-state index < -0.39 is 0 Å². The van der Waals surface area contributed by atoms with Gasteiger partial charge in [0.2, 0.25) is 0 Å². The molecule has 0 spiro atoms. The lowest BCUT2D eigenvalue weighted by atomic mass is 10.1. The molecular weight excluding hydrogens is 246 g/mol. The second-order valence-electron chi connectivity index (χ2n) is 6.24. The first-order chi connectivity index (χ1) is 9.49. The number of hydrogen-bond donors (Lipinski definition) is 1. The van der Waals surface area contributed by atoms with Gasteiger partial charge in [-0.1, -0.05) is 58.0 Å². The highest BCUT2D eigenvalue weighted by molar-refractivity contribution is 5.60. The van der Waals surface area contributed by atoms with E-state index in [9.17, 15) is 0 Å². The minimum atomic E-state index is 0.542. The quantitative estimate of drug-likeness (QED) is 0.893. The molecule has 0 aliphatic heterocycles. The minimum absolute atomic E-state index is 0.542. The summed E-state index contributed by atoms with van der Waals surface area (Å²) in [5, 5.41) is 0. The van der Waals surface area contributed by atoms with Gasteiger partial charge in [-0.15, -0.1) is 0 Å². The maximum absolute atomic E-state index is 6.34. The van der Waals surface area contributed by atoms with Crippen molar-refractivity contribution >= 4 is 5.82 Å². The maximum Gasteiger partial charge on any atom is 0.141 e. The SMILES string of the molecule is CC(C)Cc1nc(-c2ccccc2)n(CC(C)C)c1N. The van der Waals surface area contributed by atoms with Crippen molar-refractivity contribution in [3.63, 3.8) is 0 Å². The topological polar surface area (TPSA) is 43.8 Å². The molecule has 1 aromatic carbocycles. The molecule has 2 N–H and O–H groups in total. The molecule has 2 aromatic rings. The van der Waals surface area contributed by atoms with Gasteiger partial charge in [-0.25, -0.2) is 4.98 Å². The lowest BCUT2D eigenvalue weighted by Gasteiger charge is -2.12. The van der Waals surface area contributed by atoms with Crippen LogP contribution < -0.4 is 5.73 Å². The Morgan fingerprint density at radius 2 is 1.70 bits per heavy atom. The molecule has 0 radical (unpaired) electrons. The van der Waals surface area contributed by atoms with Crippen LogP contribution in [0.3, 0.4) is 0 Å². The summed E-state index contributed by atoms with van der Waals surface area (Å²) < 4.78 is 2.16. The van der Waals surface area contributed by atoms with E-state index in [-0.39, 0.29) is 0 Å². The Balaban J connectivity index is 2.48. The summed E-state index contributed by atoms with van der Waals surface area (Å²) in [4.78, 5) is 4.81. The Morgan fingerprint density at radius 3 is 2.25 bits per heavy atom. The highest BCUT2D eigenvalue weighted by Crippen LogP contribution is 2.26. The molecule has 0 fully saturated rings. The van der Waals surface area contributed by atoms with Crippen LogP contribution in [0.5, 0.6) is 0 Å². The summed E-state index contributed by atoms with van der Waals surface area (Å²) in [6.07, 6.45) is 0.927. The number of anilines is 1. The largest absolute Gasteiger partial charge is 0.384 e. The molecule has 3 nitrogen and oxygen atoms in total. The van der Waals surface area contributed by atoms with Crippen LogP contribution in [0.15, 0.2) is 30.3 Å². The molecule has 0 bridgehead atoms. The van der Waals surface area contributed by atoms with Crippen molar-refractivity contribution in [1.82, 2.24) is 9.55 Å². The van der Waals surface area contributed by atoms with Crippen molar-refractivity contribution in [2.24, 2.45) is 11.8 Å². The Labute approximate surface area is 121 Å². The van der Waals surface area contributed by atoms with Gasteiger partial charge in [-0.05, 0) is 18.3 Å². The smallest absolute Gasteiger partial charge is 0.141 e. The van der Waals surface area contributed by atoms with Crippen LogP contribution in [0.25, 0.3) is 11.4 Å². The van der Waals surface area contributed by atoms with E-state index >= 15 is 0 Å².